The number of carbonyl (C=O) groups is 1. The Bertz CT molecular complexity index is 809. The second-order valence-corrected chi connectivity index (χ2v) is 5.20. The maximum absolute atomic E-state index is 11.9. The fraction of sp³-hybridized carbons (Fsp3) is 0.167. The number of fused-ring (bicyclic) bond motifs is 1. The minimum absolute atomic E-state index is 0.0501. The van der Waals surface area contributed by atoms with Crippen LogP contribution in [0.15, 0.2) is 54.9 Å². The second kappa shape index (κ2) is 6.87. The van der Waals surface area contributed by atoms with E-state index in [1.54, 1.807) is 12.1 Å². The van der Waals surface area contributed by atoms with E-state index < -0.39 is 0 Å². The number of amides is 1. The van der Waals surface area contributed by atoms with Crippen molar-refractivity contribution in [3.05, 3.63) is 60.4 Å². The molecule has 2 aromatic carbocycles. The summed E-state index contributed by atoms with van der Waals surface area (Å²) >= 11 is 0. The number of rotatable bonds is 5. The smallest absolute Gasteiger partial charge is 0.251 e. The first-order valence-electron chi connectivity index (χ1n) is 7.63. The first kappa shape index (κ1) is 15.0. The van der Waals surface area contributed by atoms with Crippen molar-refractivity contribution in [3.8, 4) is 0 Å². The van der Waals surface area contributed by atoms with Gasteiger partial charge < -0.3 is 10.6 Å². The van der Waals surface area contributed by atoms with Crippen molar-refractivity contribution in [1.82, 2.24) is 15.3 Å². The summed E-state index contributed by atoms with van der Waals surface area (Å²) < 4.78 is 0. The van der Waals surface area contributed by atoms with Crippen molar-refractivity contribution in [3.63, 3.8) is 0 Å². The quantitative estimate of drug-likeness (QED) is 0.757. The fourth-order valence-corrected chi connectivity index (χ4v) is 2.29. The third-order valence-electron chi connectivity index (χ3n) is 3.49. The minimum atomic E-state index is -0.0501. The summed E-state index contributed by atoms with van der Waals surface area (Å²) in [5.74, 6) is 0.699. The summed E-state index contributed by atoms with van der Waals surface area (Å²) in [6, 6.07) is 15.2. The maximum atomic E-state index is 11.9. The van der Waals surface area contributed by atoms with Gasteiger partial charge in [-0.05, 0) is 42.8 Å². The third-order valence-corrected chi connectivity index (χ3v) is 3.49. The molecule has 1 aromatic heterocycles. The molecule has 0 radical (unpaired) electrons. The molecule has 0 saturated carbocycles. The van der Waals surface area contributed by atoms with Crippen LogP contribution >= 0.6 is 0 Å². The molecular weight excluding hydrogens is 288 g/mol. The minimum Gasteiger partial charge on any atom is -0.352 e. The number of aromatic nitrogens is 2. The predicted molar refractivity (Wildman–Crippen MR) is 91.9 cm³/mol. The molecule has 3 rings (SSSR count). The van der Waals surface area contributed by atoms with E-state index in [1.165, 1.54) is 6.33 Å². The Morgan fingerprint density at radius 2 is 1.83 bits per heavy atom. The van der Waals surface area contributed by atoms with Gasteiger partial charge in [0.1, 0.15) is 12.1 Å². The lowest BCUT2D eigenvalue weighted by Gasteiger charge is -2.09. The van der Waals surface area contributed by atoms with Gasteiger partial charge in [-0.3, -0.25) is 4.79 Å². The van der Waals surface area contributed by atoms with Gasteiger partial charge in [0.15, 0.2) is 0 Å². The molecule has 0 aliphatic carbocycles. The van der Waals surface area contributed by atoms with Crippen LogP contribution in [-0.4, -0.2) is 22.4 Å². The van der Waals surface area contributed by atoms with Gasteiger partial charge in [0.05, 0.1) is 5.52 Å². The van der Waals surface area contributed by atoms with E-state index >= 15 is 0 Å². The Morgan fingerprint density at radius 1 is 1.04 bits per heavy atom. The van der Waals surface area contributed by atoms with Gasteiger partial charge in [-0.25, -0.2) is 9.97 Å². The number of hydrogen-bond acceptors (Lipinski definition) is 4. The van der Waals surface area contributed by atoms with Gasteiger partial charge in [-0.15, -0.1) is 0 Å². The number of para-hydroxylation sites is 1. The molecule has 2 N–H and O–H groups in total. The monoisotopic (exact) mass is 306 g/mol. The van der Waals surface area contributed by atoms with E-state index in [4.69, 9.17) is 0 Å². The van der Waals surface area contributed by atoms with Crippen LogP contribution in [0.2, 0.25) is 0 Å². The van der Waals surface area contributed by atoms with Crippen molar-refractivity contribution in [2.45, 2.75) is 13.3 Å². The summed E-state index contributed by atoms with van der Waals surface area (Å²) in [6.45, 7) is 2.71. The van der Waals surface area contributed by atoms with Crippen molar-refractivity contribution < 1.29 is 4.79 Å². The van der Waals surface area contributed by atoms with E-state index in [0.717, 1.165) is 28.8 Å². The van der Waals surface area contributed by atoms with Crippen molar-refractivity contribution in [2.24, 2.45) is 0 Å². The molecule has 3 aromatic rings. The second-order valence-electron chi connectivity index (χ2n) is 5.20. The molecule has 116 valence electrons. The molecule has 23 heavy (non-hydrogen) atoms. The number of anilines is 2. The van der Waals surface area contributed by atoms with Crippen LogP contribution in [0.25, 0.3) is 10.9 Å². The zero-order valence-corrected chi connectivity index (χ0v) is 12.9. The highest BCUT2D eigenvalue weighted by molar-refractivity contribution is 5.95. The van der Waals surface area contributed by atoms with E-state index in [1.807, 2.05) is 43.3 Å². The number of hydrogen-bond donors (Lipinski definition) is 2. The zero-order valence-electron chi connectivity index (χ0n) is 12.9. The van der Waals surface area contributed by atoms with Crippen LogP contribution in [0.1, 0.15) is 23.7 Å². The Balaban J connectivity index is 1.79. The molecule has 5 nitrogen and oxygen atoms in total. The molecule has 0 unspecified atom stereocenters. The lowest BCUT2D eigenvalue weighted by molar-refractivity contribution is 0.0953. The Kier molecular flexibility index (Phi) is 4.47. The maximum Gasteiger partial charge on any atom is 0.251 e. The Labute approximate surface area is 134 Å². The van der Waals surface area contributed by atoms with Gasteiger partial charge in [0.25, 0.3) is 5.91 Å². The molecule has 0 atom stereocenters. The summed E-state index contributed by atoms with van der Waals surface area (Å²) in [7, 11) is 0. The summed E-state index contributed by atoms with van der Waals surface area (Å²) in [5, 5.41) is 7.09. The number of benzene rings is 2. The SMILES string of the molecule is CCCNC(=O)c1ccc(Nc2ncnc3ccccc23)cc1. The molecule has 1 amide bonds. The lowest BCUT2D eigenvalue weighted by Crippen LogP contribution is -2.23. The van der Waals surface area contributed by atoms with Crippen molar-refractivity contribution in [1.29, 1.82) is 0 Å². The largest absolute Gasteiger partial charge is 0.352 e. The summed E-state index contributed by atoms with van der Waals surface area (Å²) in [4.78, 5) is 20.4. The van der Waals surface area contributed by atoms with Crippen LogP contribution in [-0.2, 0) is 0 Å². The van der Waals surface area contributed by atoms with Gasteiger partial charge in [0.2, 0.25) is 0 Å². The van der Waals surface area contributed by atoms with E-state index in [0.29, 0.717) is 12.1 Å². The first-order chi connectivity index (χ1) is 11.3. The van der Waals surface area contributed by atoms with Crippen LogP contribution < -0.4 is 10.6 Å². The number of nitrogens with one attached hydrogen (secondary N) is 2. The topological polar surface area (TPSA) is 66.9 Å². The van der Waals surface area contributed by atoms with Crippen LogP contribution in [0, 0.1) is 0 Å². The summed E-state index contributed by atoms with van der Waals surface area (Å²) in [6.07, 6.45) is 2.46. The van der Waals surface area contributed by atoms with E-state index in [2.05, 4.69) is 20.6 Å². The van der Waals surface area contributed by atoms with Crippen LogP contribution in [0.3, 0.4) is 0 Å². The Morgan fingerprint density at radius 3 is 2.61 bits per heavy atom. The highest BCUT2D eigenvalue weighted by Crippen LogP contribution is 2.22. The molecule has 0 spiro atoms. The Hall–Kier alpha value is -2.95. The molecule has 0 saturated heterocycles. The molecule has 0 bridgehead atoms. The molecule has 0 fully saturated rings. The van der Waals surface area contributed by atoms with E-state index in [-0.39, 0.29) is 5.91 Å². The summed E-state index contributed by atoms with van der Waals surface area (Å²) in [5.41, 5.74) is 2.41. The third kappa shape index (κ3) is 3.45. The van der Waals surface area contributed by atoms with Gasteiger partial charge in [0, 0.05) is 23.2 Å². The normalized spacial score (nSPS) is 10.5. The molecular formula is C18H18N4O. The predicted octanol–water partition coefficient (Wildman–Crippen LogP) is 3.51. The fourth-order valence-electron chi connectivity index (χ4n) is 2.29. The standard InChI is InChI=1S/C18H18N4O/c1-2-11-19-18(23)13-7-9-14(10-8-13)22-17-15-5-3-4-6-16(15)20-12-21-17/h3-10,12H,2,11H2,1H3,(H,19,23)(H,20,21,22). The number of nitrogens with zero attached hydrogens (tertiary/aromatic N) is 2. The molecule has 5 heteroatoms. The molecule has 1 heterocycles. The molecule has 0 aliphatic heterocycles. The van der Waals surface area contributed by atoms with Gasteiger partial charge in [-0.1, -0.05) is 19.1 Å². The van der Waals surface area contributed by atoms with Gasteiger partial charge >= 0.3 is 0 Å². The average Bonchev–Trinajstić information content (AvgIpc) is 2.60. The van der Waals surface area contributed by atoms with Crippen LogP contribution in [0.4, 0.5) is 11.5 Å². The number of carbonyl (C=O) groups excluding carboxylic acids is 1. The lowest BCUT2D eigenvalue weighted by atomic mass is 10.2. The van der Waals surface area contributed by atoms with Crippen molar-refractivity contribution >= 4 is 28.3 Å². The van der Waals surface area contributed by atoms with Crippen LogP contribution in [0.5, 0.6) is 0 Å². The van der Waals surface area contributed by atoms with E-state index in [9.17, 15) is 4.79 Å². The average molecular weight is 306 g/mol. The van der Waals surface area contributed by atoms with Gasteiger partial charge in [-0.2, -0.15) is 0 Å². The highest BCUT2D eigenvalue weighted by atomic mass is 16.1. The highest BCUT2D eigenvalue weighted by Gasteiger charge is 2.06. The first-order valence-corrected chi connectivity index (χ1v) is 7.63. The zero-order chi connectivity index (χ0) is 16.1. The van der Waals surface area contributed by atoms with Crippen molar-refractivity contribution in [2.75, 3.05) is 11.9 Å². The molecule has 0 aliphatic rings.